The first-order chi connectivity index (χ1) is 12.6. The predicted octanol–water partition coefficient (Wildman–Crippen LogP) is 4.32. The van der Waals surface area contributed by atoms with Gasteiger partial charge in [-0.25, -0.2) is 4.98 Å². The lowest BCUT2D eigenvalue weighted by atomic mass is 10.1. The van der Waals surface area contributed by atoms with Crippen LogP contribution in [-0.4, -0.2) is 15.3 Å². The molecule has 0 aliphatic carbocycles. The van der Waals surface area contributed by atoms with Crippen LogP contribution in [0.15, 0.2) is 71.1 Å². The number of thiophene rings is 1. The maximum Gasteiger partial charge on any atom is 0.263 e. The van der Waals surface area contributed by atoms with Crippen molar-refractivity contribution in [3.05, 3.63) is 87.8 Å². The number of carbonyl (C=O) groups excluding carboxylic acids is 1. The maximum atomic E-state index is 13.0. The number of rotatable bonds is 4. The highest BCUT2D eigenvalue weighted by Gasteiger charge is 2.15. The van der Waals surface area contributed by atoms with Gasteiger partial charge in [-0.3, -0.25) is 14.2 Å². The monoisotopic (exact) mass is 360 g/mol. The van der Waals surface area contributed by atoms with Crippen molar-refractivity contribution in [2.45, 2.75) is 13.5 Å². The molecule has 0 unspecified atom stereocenters. The molecule has 0 amide bonds. The molecule has 2 aromatic carbocycles. The number of aromatic nitrogens is 2. The van der Waals surface area contributed by atoms with Gasteiger partial charge in [-0.05, 0) is 12.5 Å². The van der Waals surface area contributed by atoms with E-state index in [0.29, 0.717) is 15.8 Å². The Morgan fingerprint density at radius 3 is 2.54 bits per heavy atom. The Morgan fingerprint density at radius 1 is 1.08 bits per heavy atom. The van der Waals surface area contributed by atoms with Gasteiger partial charge in [0.15, 0.2) is 5.78 Å². The second-order valence-corrected chi connectivity index (χ2v) is 7.02. The molecule has 0 saturated carbocycles. The summed E-state index contributed by atoms with van der Waals surface area (Å²) in [5.74, 6) is -0.107. The molecule has 2 heterocycles. The van der Waals surface area contributed by atoms with Crippen molar-refractivity contribution in [1.82, 2.24) is 9.55 Å². The first kappa shape index (κ1) is 16.4. The van der Waals surface area contributed by atoms with Crippen LogP contribution in [0.2, 0.25) is 0 Å². The standard InChI is InChI=1S/C21H16N2O2S/c1-14-7-9-16(10-8-14)18(24)11-23-13-22-20-19(21(23)25)17(12-26-20)15-5-3-2-4-6-15/h2-10,12-13H,11H2,1H3. The van der Waals surface area contributed by atoms with Gasteiger partial charge in [0.25, 0.3) is 5.56 Å². The normalized spacial score (nSPS) is 11.0. The molecule has 4 aromatic rings. The zero-order valence-corrected chi connectivity index (χ0v) is 15.0. The Bertz CT molecular complexity index is 1140. The first-order valence-corrected chi connectivity index (χ1v) is 9.13. The average molecular weight is 360 g/mol. The van der Waals surface area contributed by atoms with Gasteiger partial charge in [0.2, 0.25) is 0 Å². The third kappa shape index (κ3) is 2.97. The molecule has 26 heavy (non-hydrogen) atoms. The lowest BCUT2D eigenvalue weighted by molar-refractivity contribution is 0.0970. The van der Waals surface area contributed by atoms with Crippen LogP contribution in [0, 0.1) is 6.92 Å². The summed E-state index contributed by atoms with van der Waals surface area (Å²) in [7, 11) is 0. The van der Waals surface area contributed by atoms with Crippen molar-refractivity contribution < 1.29 is 4.79 Å². The van der Waals surface area contributed by atoms with E-state index in [9.17, 15) is 9.59 Å². The SMILES string of the molecule is Cc1ccc(C(=O)Cn2cnc3scc(-c4ccccc4)c3c2=O)cc1. The Balaban J connectivity index is 1.75. The van der Waals surface area contributed by atoms with Crippen molar-refractivity contribution in [3.63, 3.8) is 0 Å². The number of carbonyl (C=O) groups is 1. The average Bonchev–Trinajstić information content (AvgIpc) is 3.10. The molecule has 0 atom stereocenters. The van der Waals surface area contributed by atoms with Crippen LogP contribution in [-0.2, 0) is 6.54 Å². The van der Waals surface area contributed by atoms with E-state index in [1.54, 1.807) is 12.1 Å². The Labute approximate surface area is 154 Å². The van der Waals surface area contributed by atoms with E-state index in [1.165, 1.54) is 22.2 Å². The highest BCUT2D eigenvalue weighted by Crippen LogP contribution is 2.30. The van der Waals surface area contributed by atoms with Crippen LogP contribution in [0.5, 0.6) is 0 Å². The Morgan fingerprint density at radius 2 is 1.81 bits per heavy atom. The van der Waals surface area contributed by atoms with Crippen molar-refractivity contribution in [2.24, 2.45) is 0 Å². The maximum absolute atomic E-state index is 13.0. The molecular weight excluding hydrogens is 344 g/mol. The number of Topliss-reactive ketones (excluding diaryl/α,β-unsaturated/α-hetero) is 1. The molecular formula is C21H16N2O2S. The van der Waals surface area contributed by atoms with E-state index in [1.807, 2.05) is 54.8 Å². The Kier molecular flexibility index (Phi) is 4.22. The summed E-state index contributed by atoms with van der Waals surface area (Å²) in [6.45, 7) is 1.95. The topological polar surface area (TPSA) is 52.0 Å². The van der Waals surface area contributed by atoms with Gasteiger partial charge in [-0.2, -0.15) is 0 Å². The largest absolute Gasteiger partial charge is 0.292 e. The molecule has 128 valence electrons. The van der Waals surface area contributed by atoms with E-state index in [-0.39, 0.29) is 17.9 Å². The van der Waals surface area contributed by atoms with Crippen LogP contribution in [0.25, 0.3) is 21.3 Å². The van der Waals surface area contributed by atoms with Crippen LogP contribution in [0.3, 0.4) is 0 Å². The molecule has 0 radical (unpaired) electrons. The highest BCUT2D eigenvalue weighted by molar-refractivity contribution is 7.17. The lowest BCUT2D eigenvalue weighted by Gasteiger charge is -2.06. The molecule has 0 bridgehead atoms. The van der Waals surface area contributed by atoms with Gasteiger partial charge in [-0.1, -0.05) is 60.2 Å². The minimum Gasteiger partial charge on any atom is -0.292 e. The number of hydrogen-bond donors (Lipinski definition) is 0. The Hall–Kier alpha value is -3.05. The number of aryl methyl sites for hydroxylation is 1. The zero-order chi connectivity index (χ0) is 18.1. The molecule has 0 saturated heterocycles. The van der Waals surface area contributed by atoms with Crippen LogP contribution >= 0.6 is 11.3 Å². The molecule has 4 nitrogen and oxygen atoms in total. The van der Waals surface area contributed by atoms with Gasteiger partial charge in [-0.15, -0.1) is 11.3 Å². The first-order valence-electron chi connectivity index (χ1n) is 8.25. The van der Waals surface area contributed by atoms with E-state index < -0.39 is 0 Å². The fourth-order valence-electron chi connectivity index (χ4n) is 2.90. The van der Waals surface area contributed by atoms with Gasteiger partial charge in [0.05, 0.1) is 18.3 Å². The molecule has 4 rings (SSSR count). The molecule has 0 aliphatic rings. The molecule has 0 spiro atoms. The summed E-state index contributed by atoms with van der Waals surface area (Å²) in [6, 6.07) is 17.1. The van der Waals surface area contributed by atoms with Gasteiger partial charge >= 0.3 is 0 Å². The fourth-order valence-corrected chi connectivity index (χ4v) is 3.80. The minimum absolute atomic E-state index is 0.0189. The van der Waals surface area contributed by atoms with Crippen molar-refractivity contribution in [2.75, 3.05) is 0 Å². The third-order valence-electron chi connectivity index (χ3n) is 4.33. The predicted molar refractivity (Wildman–Crippen MR) is 105 cm³/mol. The van der Waals surface area contributed by atoms with Crippen molar-refractivity contribution >= 4 is 27.3 Å². The number of ketones is 1. The molecule has 5 heteroatoms. The second kappa shape index (κ2) is 6.69. The number of benzene rings is 2. The summed E-state index contributed by atoms with van der Waals surface area (Å²) in [5.41, 5.74) is 3.33. The molecule has 0 N–H and O–H groups in total. The van der Waals surface area contributed by atoms with E-state index >= 15 is 0 Å². The quantitative estimate of drug-likeness (QED) is 0.509. The lowest BCUT2D eigenvalue weighted by Crippen LogP contribution is -2.24. The summed E-state index contributed by atoms with van der Waals surface area (Å²) in [4.78, 5) is 30.6. The van der Waals surface area contributed by atoms with Gasteiger partial charge in [0.1, 0.15) is 4.83 Å². The second-order valence-electron chi connectivity index (χ2n) is 6.16. The van der Waals surface area contributed by atoms with Crippen LogP contribution < -0.4 is 5.56 Å². The minimum atomic E-state index is -0.185. The van der Waals surface area contributed by atoms with Crippen LogP contribution in [0.4, 0.5) is 0 Å². The van der Waals surface area contributed by atoms with Crippen molar-refractivity contribution in [1.29, 1.82) is 0 Å². The van der Waals surface area contributed by atoms with Crippen molar-refractivity contribution in [3.8, 4) is 11.1 Å². The summed E-state index contributed by atoms with van der Waals surface area (Å²) >= 11 is 1.44. The molecule has 2 aromatic heterocycles. The van der Waals surface area contributed by atoms with Crippen LogP contribution in [0.1, 0.15) is 15.9 Å². The summed E-state index contributed by atoms with van der Waals surface area (Å²) in [6.07, 6.45) is 1.46. The number of fused-ring (bicyclic) bond motifs is 1. The van der Waals surface area contributed by atoms with E-state index in [2.05, 4.69) is 4.98 Å². The number of hydrogen-bond acceptors (Lipinski definition) is 4. The highest BCUT2D eigenvalue weighted by atomic mass is 32.1. The molecule has 0 fully saturated rings. The summed E-state index contributed by atoms with van der Waals surface area (Å²) < 4.78 is 1.39. The van der Waals surface area contributed by atoms with E-state index in [4.69, 9.17) is 0 Å². The van der Waals surface area contributed by atoms with Gasteiger partial charge in [0, 0.05) is 16.5 Å². The number of nitrogens with zero attached hydrogens (tertiary/aromatic N) is 2. The fraction of sp³-hybridized carbons (Fsp3) is 0.0952. The zero-order valence-electron chi connectivity index (χ0n) is 14.2. The van der Waals surface area contributed by atoms with E-state index in [0.717, 1.165) is 16.7 Å². The summed E-state index contributed by atoms with van der Waals surface area (Å²) in [5, 5.41) is 2.51. The van der Waals surface area contributed by atoms with Gasteiger partial charge < -0.3 is 0 Å². The smallest absolute Gasteiger partial charge is 0.263 e. The molecule has 0 aliphatic heterocycles. The third-order valence-corrected chi connectivity index (χ3v) is 5.22.